The molecule has 8 nitrogen and oxygen atoms in total. The summed E-state index contributed by atoms with van der Waals surface area (Å²) in [6, 6.07) is 15.0. The van der Waals surface area contributed by atoms with Crippen molar-refractivity contribution in [2.75, 3.05) is 20.3 Å². The molecule has 35 heavy (non-hydrogen) atoms. The van der Waals surface area contributed by atoms with Crippen molar-refractivity contribution in [2.45, 2.75) is 57.0 Å². The number of carboxylic acid groups (broad SMARTS) is 1. The van der Waals surface area contributed by atoms with Gasteiger partial charge in [-0.25, -0.2) is 9.59 Å². The smallest absolute Gasteiger partial charge is 0.408 e. The van der Waals surface area contributed by atoms with Crippen LogP contribution in [0.15, 0.2) is 48.5 Å². The molecule has 2 aromatic carbocycles. The van der Waals surface area contributed by atoms with Crippen molar-refractivity contribution in [3.05, 3.63) is 59.7 Å². The summed E-state index contributed by atoms with van der Waals surface area (Å²) in [5, 5.41) is 14.7. The van der Waals surface area contributed by atoms with Crippen molar-refractivity contribution < 1.29 is 29.0 Å². The van der Waals surface area contributed by atoms with Gasteiger partial charge in [0.15, 0.2) is 0 Å². The number of alkyl carbamates (subject to hydrolysis) is 1. The molecule has 0 heterocycles. The zero-order chi connectivity index (χ0) is 25.4. The van der Waals surface area contributed by atoms with Crippen molar-refractivity contribution in [1.82, 2.24) is 10.6 Å². The number of unbranched alkanes of at least 4 members (excludes halogenated alkanes) is 1. The molecule has 2 aromatic rings. The number of rotatable bonds is 12. The number of benzene rings is 2. The minimum Gasteiger partial charge on any atom is -0.480 e. The number of nitrogens with one attached hydrogen (secondary N) is 2. The molecule has 0 bridgehead atoms. The molecule has 1 aliphatic carbocycles. The van der Waals surface area contributed by atoms with Crippen LogP contribution in [0.4, 0.5) is 4.79 Å². The fourth-order valence-corrected chi connectivity index (χ4v) is 4.55. The second kappa shape index (κ2) is 11.8. The summed E-state index contributed by atoms with van der Waals surface area (Å²) >= 11 is 0. The highest BCUT2D eigenvalue weighted by molar-refractivity contribution is 5.93. The van der Waals surface area contributed by atoms with Gasteiger partial charge in [0, 0.05) is 13.0 Å². The molecule has 2 amide bonds. The predicted molar refractivity (Wildman–Crippen MR) is 132 cm³/mol. The first-order valence-electron chi connectivity index (χ1n) is 12.0. The molecule has 8 heteroatoms. The summed E-state index contributed by atoms with van der Waals surface area (Å²) in [4.78, 5) is 37.7. The molecular weight excluding hydrogens is 448 g/mol. The number of ether oxygens (including phenoxy) is 2. The topological polar surface area (TPSA) is 114 Å². The molecule has 0 aliphatic heterocycles. The van der Waals surface area contributed by atoms with Gasteiger partial charge in [0.25, 0.3) is 0 Å². The second-order valence-electron chi connectivity index (χ2n) is 8.83. The van der Waals surface area contributed by atoms with E-state index in [2.05, 4.69) is 22.8 Å². The van der Waals surface area contributed by atoms with Gasteiger partial charge in [0.1, 0.15) is 18.2 Å². The first-order valence-corrected chi connectivity index (χ1v) is 12.0. The fourth-order valence-electron chi connectivity index (χ4n) is 4.55. The second-order valence-corrected chi connectivity index (χ2v) is 8.83. The number of carbonyl (C=O) groups is 3. The Labute approximate surface area is 206 Å². The van der Waals surface area contributed by atoms with Crippen molar-refractivity contribution in [2.24, 2.45) is 0 Å². The van der Waals surface area contributed by atoms with Gasteiger partial charge < -0.3 is 25.2 Å². The Morgan fingerprint density at radius 2 is 1.63 bits per heavy atom. The molecule has 0 aromatic heterocycles. The molecule has 1 aliphatic rings. The summed E-state index contributed by atoms with van der Waals surface area (Å²) in [5.41, 5.74) is 2.93. The highest BCUT2D eigenvalue weighted by Crippen LogP contribution is 2.44. The van der Waals surface area contributed by atoms with Crippen molar-refractivity contribution in [3.63, 3.8) is 0 Å². The number of fused-ring (bicyclic) bond motifs is 3. The Morgan fingerprint density at radius 1 is 1.03 bits per heavy atom. The van der Waals surface area contributed by atoms with Gasteiger partial charge in [-0.15, -0.1) is 0 Å². The van der Waals surface area contributed by atoms with E-state index in [9.17, 15) is 19.5 Å². The number of methoxy groups -OCH3 is 1. The maximum atomic E-state index is 13.2. The van der Waals surface area contributed by atoms with E-state index in [0.717, 1.165) is 28.7 Å². The summed E-state index contributed by atoms with van der Waals surface area (Å²) in [7, 11) is 1.42. The van der Waals surface area contributed by atoms with Crippen LogP contribution in [0.3, 0.4) is 0 Å². The highest BCUT2D eigenvalue weighted by atomic mass is 16.5. The molecule has 2 atom stereocenters. The third-order valence-electron chi connectivity index (χ3n) is 6.56. The van der Waals surface area contributed by atoms with E-state index in [1.165, 1.54) is 7.11 Å². The van der Waals surface area contributed by atoms with Gasteiger partial charge in [-0.05, 0) is 35.1 Å². The van der Waals surface area contributed by atoms with Crippen molar-refractivity contribution in [3.8, 4) is 11.1 Å². The van der Waals surface area contributed by atoms with E-state index >= 15 is 0 Å². The predicted octanol–water partition coefficient (Wildman–Crippen LogP) is 4.08. The van der Waals surface area contributed by atoms with E-state index in [4.69, 9.17) is 9.47 Å². The quantitative estimate of drug-likeness (QED) is 0.420. The lowest BCUT2D eigenvalue weighted by molar-refractivity contribution is -0.143. The van der Waals surface area contributed by atoms with Crippen LogP contribution in [0.25, 0.3) is 11.1 Å². The number of aliphatic carboxylic acids is 1. The number of carboxylic acids is 1. The molecule has 0 spiro atoms. The number of hydrogen-bond acceptors (Lipinski definition) is 5. The zero-order valence-corrected chi connectivity index (χ0v) is 20.5. The van der Waals surface area contributed by atoms with Gasteiger partial charge in [0.05, 0.1) is 6.61 Å². The van der Waals surface area contributed by atoms with E-state index < -0.39 is 29.6 Å². The maximum absolute atomic E-state index is 13.2. The molecule has 188 valence electrons. The zero-order valence-electron chi connectivity index (χ0n) is 20.5. The lowest BCUT2D eigenvalue weighted by Crippen LogP contribution is -2.63. The summed E-state index contributed by atoms with van der Waals surface area (Å²) in [6.07, 6.45) is 1.18. The third kappa shape index (κ3) is 5.82. The maximum Gasteiger partial charge on any atom is 0.408 e. The Bertz CT molecular complexity index is 1010. The number of amides is 2. The summed E-state index contributed by atoms with van der Waals surface area (Å²) in [6.45, 7) is 3.65. The van der Waals surface area contributed by atoms with E-state index in [-0.39, 0.29) is 25.6 Å². The lowest BCUT2D eigenvalue weighted by atomic mass is 9.95. The van der Waals surface area contributed by atoms with Crippen LogP contribution in [0.1, 0.15) is 56.6 Å². The molecule has 3 rings (SSSR count). The monoisotopic (exact) mass is 482 g/mol. The van der Waals surface area contributed by atoms with Gasteiger partial charge in [0.2, 0.25) is 5.91 Å². The van der Waals surface area contributed by atoms with Crippen LogP contribution in [0.2, 0.25) is 0 Å². The van der Waals surface area contributed by atoms with Crippen LogP contribution in [0, 0.1) is 0 Å². The fraction of sp³-hybridized carbons (Fsp3) is 0.444. The first-order chi connectivity index (χ1) is 16.9. The molecular formula is C27H34N2O6. The van der Waals surface area contributed by atoms with E-state index in [0.29, 0.717) is 12.8 Å². The standard InChI is InChI=1S/C27H34N2O6/c1-4-6-15-23(24(30)31)28-25(32)27(5-2,17-34-3)29-26(33)35-16-22-20-13-9-7-11-18(20)19-12-8-10-14-21(19)22/h7-14,22-23H,4-6,15-17H2,1-3H3,(H,28,32)(H,29,33)(H,30,31)/t23-,27?/m0/s1. The molecule has 1 unspecified atom stereocenters. The van der Waals surface area contributed by atoms with E-state index in [1.54, 1.807) is 6.92 Å². The van der Waals surface area contributed by atoms with Crippen LogP contribution in [-0.4, -0.2) is 55.0 Å². The molecule has 0 saturated carbocycles. The van der Waals surface area contributed by atoms with Gasteiger partial charge >= 0.3 is 12.1 Å². The highest BCUT2D eigenvalue weighted by Gasteiger charge is 2.41. The average molecular weight is 483 g/mol. The van der Waals surface area contributed by atoms with Crippen molar-refractivity contribution in [1.29, 1.82) is 0 Å². The van der Waals surface area contributed by atoms with Crippen LogP contribution >= 0.6 is 0 Å². The molecule has 0 radical (unpaired) electrons. The Kier molecular flexibility index (Phi) is 8.87. The lowest BCUT2D eigenvalue weighted by Gasteiger charge is -2.32. The minimum atomic E-state index is -1.46. The normalized spacial score (nSPS) is 14.8. The number of carbonyl (C=O) groups excluding carboxylic acids is 2. The first kappa shape index (κ1) is 26.2. The van der Waals surface area contributed by atoms with Crippen LogP contribution in [-0.2, 0) is 19.1 Å². The minimum absolute atomic E-state index is 0.0997. The SMILES string of the molecule is CCCC[C@H](NC(=O)C(CC)(COC)NC(=O)OCC1c2ccccc2-c2ccccc21)C(=O)O. The Morgan fingerprint density at radius 3 is 2.14 bits per heavy atom. The van der Waals surface area contributed by atoms with Gasteiger partial charge in [-0.1, -0.05) is 75.2 Å². The average Bonchev–Trinajstić information content (AvgIpc) is 3.18. The van der Waals surface area contributed by atoms with Crippen molar-refractivity contribution >= 4 is 18.0 Å². The largest absolute Gasteiger partial charge is 0.480 e. The summed E-state index contributed by atoms with van der Waals surface area (Å²) in [5.74, 6) is -1.85. The molecule has 0 fully saturated rings. The van der Waals surface area contributed by atoms with E-state index in [1.807, 2.05) is 43.3 Å². The summed E-state index contributed by atoms with van der Waals surface area (Å²) < 4.78 is 10.8. The van der Waals surface area contributed by atoms with Gasteiger partial charge in [-0.2, -0.15) is 0 Å². The molecule has 3 N–H and O–H groups in total. The van der Waals surface area contributed by atoms with Gasteiger partial charge in [-0.3, -0.25) is 4.79 Å². The number of hydrogen-bond donors (Lipinski definition) is 3. The Hall–Kier alpha value is -3.39. The third-order valence-corrected chi connectivity index (χ3v) is 6.56. The van der Waals surface area contributed by atoms with Crippen LogP contribution < -0.4 is 10.6 Å². The Balaban J connectivity index is 1.72. The molecule has 0 saturated heterocycles. The van der Waals surface area contributed by atoms with Crippen LogP contribution in [0.5, 0.6) is 0 Å².